The highest BCUT2D eigenvalue weighted by Gasteiger charge is 2.17. The summed E-state index contributed by atoms with van der Waals surface area (Å²) >= 11 is 0. The van der Waals surface area contributed by atoms with Gasteiger partial charge < -0.3 is 24.3 Å². The number of nitrogens with one attached hydrogen (secondary N) is 1. The van der Waals surface area contributed by atoms with Gasteiger partial charge in [0.05, 0.1) is 32.3 Å². The fourth-order valence-electron chi connectivity index (χ4n) is 2.64. The molecule has 0 saturated carbocycles. The Morgan fingerprint density at radius 1 is 1.18 bits per heavy atom. The minimum absolute atomic E-state index is 0.155. The number of aromatic carboxylic acids is 1. The highest BCUT2D eigenvalue weighted by molar-refractivity contribution is 5.85. The van der Waals surface area contributed by atoms with Gasteiger partial charge in [0.2, 0.25) is 0 Å². The first-order chi connectivity index (χ1) is 10.6. The number of carbonyl (C=O) groups excluding carboxylic acids is 1. The standard InChI is InChI=1S/C17H25NO4/c1-14-6-8-18(9-7-14)10-11-21-12-13-22-16-4-2-15(3-5-16)17(19)20/h2-5,14H,6-13H2,1H3,(H,19,20). The molecule has 0 bridgehead atoms. The van der Waals surface area contributed by atoms with E-state index < -0.39 is 5.97 Å². The molecule has 1 aliphatic heterocycles. The first-order valence-electron chi connectivity index (χ1n) is 8.00. The van der Waals surface area contributed by atoms with E-state index in [2.05, 4.69) is 6.92 Å². The molecule has 0 radical (unpaired) electrons. The van der Waals surface area contributed by atoms with Crippen LogP contribution in [0.15, 0.2) is 24.3 Å². The molecule has 0 aromatic heterocycles. The first-order valence-corrected chi connectivity index (χ1v) is 8.00. The topological polar surface area (TPSA) is 63.0 Å². The molecule has 0 spiro atoms. The molecule has 0 unspecified atom stereocenters. The van der Waals surface area contributed by atoms with Crippen LogP contribution < -0.4 is 14.7 Å². The number of carbonyl (C=O) groups is 1. The van der Waals surface area contributed by atoms with Gasteiger partial charge in [-0.1, -0.05) is 6.92 Å². The lowest BCUT2D eigenvalue weighted by atomic mass is 9.99. The summed E-state index contributed by atoms with van der Waals surface area (Å²) in [5.74, 6) is 0.343. The van der Waals surface area contributed by atoms with Crippen LogP contribution in [-0.2, 0) is 4.74 Å². The molecule has 1 saturated heterocycles. The van der Waals surface area contributed by atoms with Crippen LogP contribution >= 0.6 is 0 Å². The van der Waals surface area contributed by atoms with Crippen molar-refractivity contribution < 1.29 is 24.3 Å². The van der Waals surface area contributed by atoms with E-state index in [9.17, 15) is 9.90 Å². The molecular formula is C17H25NO4. The van der Waals surface area contributed by atoms with Crippen molar-refractivity contribution in [2.45, 2.75) is 19.8 Å². The Morgan fingerprint density at radius 2 is 1.86 bits per heavy atom. The summed E-state index contributed by atoms with van der Waals surface area (Å²) in [4.78, 5) is 12.3. The Bertz CT molecular complexity index is 452. The summed E-state index contributed by atoms with van der Waals surface area (Å²) in [5.41, 5.74) is 0.155. The van der Waals surface area contributed by atoms with Gasteiger partial charge >= 0.3 is 0 Å². The molecule has 1 N–H and O–H groups in total. The van der Waals surface area contributed by atoms with Crippen LogP contribution in [0.3, 0.4) is 0 Å². The Kier molecular flexibility index (Phi) is 6.68. The van der Waals surface area contributed by atoms with Crippen LogP contribution in [0.4, 0.5) is 0 Å². The molecule has 1 aromatic carbocycles. The minimum Gasteiger partial charge on any atom is -0.545 e. The molecule has 1 heterocycles. The van der Waals surface area contributed by atoms with Crippen LogP contribution in [0.1, 0.15) is 30.1 Å². The maximum atomic E-state index is 10.6. The summed E-state index contributed by atoms with van der Waals surface area (Å²) < 4.78 is 11.1. The van der Waals surface area contributed by atoms with Gasteiger partial charge in [-0.3, -0.25) is 0 Å². The van der Waals surface area contributed by atoms with Crippen molar-refractivity contribution in [3.8, 4) is 5.75 Å². The van der Waals surface area contributed by atoms with Crippen molar-refractivity contribution in [2.24, 2.45) is 5.92 Å². The molecular weight excluding hydrogens is 282 g/mol. The number of quaternary nitrogens is 1. The number of likely N-dealkylation sites (tertiary alicyclic amines) is 1. The Balaban J connectivity index is 1.53. The van der Waals surface area contributed by atoms with E-state index in [4.69, 9.17) is 9.47 Å². The van der Waals surface area contributed by atoms with Crippen molar-refractivity contribution in [3.05, 3.63) is 29.8 Å². The first kappa shape index (κ1) is 16.8. The summed E-state index contributed by atoms with van der Waals surface area (Å²) in [6.45, 7) is 7.68. The maximum absolute atomic E-state index is 10.6. The zero-order valence-corrected chi connectivity index (χ0v) is 13.2. The van der Waals surface area contributed by atoms with Crippen molar-refractivity contribution in [1.29, 1.82) is 0 Å². The third-order valence-corrected chi connectivity index (χ3v) is 4.17. The molecule has 1 fully saturated rings. The summed E-state index contributed by atoms with van der Waals surface area (Å²) in [6.07, 6.45) is 2.64. The maximum Gasteiger partial charge on any atom is 0.119 e. The second-order valence-corrected chi connectivity index (χ2v) is 5.96. The van der Waals surface area contributed by atoms with E-state index in [0.29, 0.717) is 19.0 Å². The van der Waals surface area contributed by atoms with Crippen molar-refractivity contribution in [2.75, 3.05) is 39.5 Å². The number of carboxylic acids is 1. The SMILES string of the molecule is CC1CC[NH+](CCOCCOc2ccc(C(=O)[O-])cc2)CC1. The number of ether oxygens (including phenoxy) is 2. The van der Waals surface area contributed by atoms with Gasteiger partial charge in [-0.2, -0.15) is 0 Å². The molecule has 2 rings (SSSR count). The molecule has 5 nitrogen and oxygen atoms in total. The van der Waals surface area contributed by atoms with Crippen LogP contribution in [0.5, 0.6) is 5.75 Å². The zero-order valence-electron chi connectivity index (χ0n) is 13.2. The molecule has 1 aromatic rings. The molecule has 0 amide bonds. The van der Waals surface area contributed by atoms with E-state index >= 15 is 0 Å². The van der Waals surface area contributed by atoms with Crippen molar-refractivity contribution in [3.63, 3.8) is 0 Å². The fraction of sp³-hybridized carbons (Fsp3) is 0.588. The van der Waals surface area contributed by atoms with Crippen LogP contribution in [0.2, 0.25) is 0 Å². The second kappa shape index (κ2) is 8.76. The predicted octanol–water partition coefficient (Wildman–Crippen LogP) is -0.240. The highest BCUT2D eigenvalue weighted by atomic mass is 16.5. The lowest BCUT2D eigenvalue weighted by Gasteiger charge is -2.27. The largest absolute Gasteiger partial charge is 0.545 e. The molecule has 5 heteroatoms. The van der Waals surface area contributed by atoms with Gasteiger partial charge in [0.15, 0.2) is 0 Å². The van der Waals surface area contributed by atoms with Gasteiger partial charge in [0.25, 0.3) is 0 Å². The van der Waals surface area contributed by atoms with E-state index in [1.807, 2.05) is 0 Å². The third kappa shape index (κ3) is 5.66. The van der Waals surface area contributed by atoms with E-state index in [-0.39, 0.29) is 5.56 Å². The third-order valence-electron chi connectivity index (χ3n) is 4.17. The van der Waals surface area contributed by atoms with E-state index in [1.54, 1.807) is 17.0 Å². The summed E-state index contributed by atoms with van der Waals surface area (Å²) in [6, 6.07) is 6.22. The molecule has 0 aliphatic carbocycles. The van der Waals surface area contributed by atoms with Crippen molar-refractivity contribution in [1.82, 2.24) is 0 Å². The van der Waals surface area contributed by atoms with Crippen LogP contribution in [-0.4, -0.2) is 45.4 Å². The number of hydrogen-bond acceptors (Lipinski definition) is 4. The lowest BCUT2D eigenvalue weighted by molar-refractivity contribution is -0.906. The molecule has 1 aliphatic rings. The number of carboxylic acid groups (broad SMARTS) is 1. The van der Waals surface area contributed by atoms with Gasteiger partial charge in [-0.15, -0.1) is 0 Å². The zero-order chi connectivity index (χ0) is 15.8. The molecule has 122 valence electrons. The molecule has 22 heavy (non-hydrogen) atoms. The van der Waals surface area contributed by atoms with E-state index in [1.165, 1.54) is 38.1 Å². The Labute approximate surface area is 131 Å². The summed E-state index contributed by atoms with van der Waals surface area (Å²) in [5, 5.41) is 10.6. The van der Waals surface area contributed by atoms with Gasteiger partial charge in [-0.25, -0.2) is 0 Å². The van der Waals surface area contributed by atoms with Gasteiger partial charge in [0, 0.05) is 0 Å². The highest BCUT2D eigenvalue weighted by Crippen LogP contribution is 2.11. The van der Waals surface area contributed by atoms with Crippen LogP contribution in [0, 0.1) is 5.92 Å². The summed E-state index contributed by atoms with van der Waals surface area (Å²) in [7, 11) is 0. The quantitative estimate of drug-likeness (QED) is 0.673. The average Bonchev–Trinajstić information content (AvgIpc) is 2.53. The average molecular weight is 307 g/mol. The normalized spacial score (nSPS) is 21.5. The number of piperidine rings is 1. The second-order valence-electron chi connectivity index (χ2n) is 5.96. The fourth-order valence-corrected chi connectivity index (χ4v) is 2.64. The molecule has 0 atom stereocenters. The monoisotopic (exact) mass is 307 g/mol. The van der Waals surface area contributed by atoms with Gasteiger partial charge in [0.1, 0.15) is 18.9 Å². The minimum atomic E-state index is -1.18. The number of benzene rings is 1. The van der Waals surface area contributed by atoms with Crippen molar-refractivity contribution >= 4 is 5.97 Å². The smallest absolute Gasteiger partial charge is 0.119 e. The van der Waals surface area contributed by atoms with Gasteiger partial charge in [-0.05, 0) is 48.6 Å². The Morgan fingerprint density at radius 3 is 2.50 bits per heavy atom. The number of hydrogen-bond donors (Lipinski definition) is 1. The van der Waals surface area contributed by atoms with E-state index in [0.717, 1.165) is 19.1 Å². The number of rotatable bonds is 8. The Hall–Kier alpha value is -1.59. The van der Waals surface area contributed by atoms with Crippen LogP contribution in [0.25, 0.3) is 0 Å². The lowest BCUT2D eigenvalue weighted by Crippen LogP contribution is -3.13. The predicted molar refractivity (Wildman–Crippen MR) is 81.0 cm³/mol.